The SMILES string of the molecule is COCCCNS(=O)(=O)c1ccc(NC(C)=O)cc1. The van der Waals surface area contributed by atoms with Crippen LogP contribution >= 0.6 is 0 Å². The maximum atomic E-state index is 11.9. The summed E-state index contributed by atoms with van der Waals surface area (Å²) in [6.07, 6.45) is 0.611. The van der Waals surface area contributed by atoms with Crippen LogP contribution in [0.25, 0.3) is 0 Å². The van der Waals surface area contributed by atoms with Crippen molar-refractivity contribution in [3.8, 4) is 0 Å². The highest BCUT2D eigenvalue weighted by Crippen LogP contribution is 2.13. The first kappa shape index (κ1) is 15.6. The number of benzene rings is 1. The minimum absolute atomic E-state index is 0.166. The first-order valence-electron chi connectivity index (χ1n) is 5.82. The Morgan fingerprint density at radius 1 is 1.26 bits per heavy atom. The Labute approximate surface area is 113 Å². The van der Waals surface area contributed by atoms with E-state index in [0.29, 0.717) is 25.3 Å². The van der Waals surface area contributed by atoms with E-state index in [9.17, 15) is 13.2 Å². The monoisotopic (exact) mass is 286 g/mol. The summed E-state index contributed by atoms with van der Waals surface area (Å²) in [5.74, 6) is -0.201. The average molecular weight is 286 g/mol. The molecule has 0 fully saturated rings. The zero-order valence-electron chi connectivity index (χ0n) is 11.0. The molecule has 19 heavy (non-hydrogen) atoms. The van der Waals surface area contributed by atoms with Crippen molar-refractivity contribution in [2.24, 2.45) is 0 Å². The Morgan fingerprint density at radius 3 is 2.42 bits per heavy atom. The molecule has 1 rings (SSSR count). The number of nitrogens with one attached hydrogen (secondary N) is 2. The molecular weight excluding hydrogens is 268 g/mol. The van der Waals surface area contributed by atoms with Crippen LogP contribution in [0.1, 0.15) is 13.3 Å². The third-order valence-corrected chi connectivity index (χ3v) is 3.78. The summed E-state index contributed by atoms with van der Waals surface area (Å²) in [6, 6.07) is 5.99. The number of amides is 1. The van der Waals surface area contributed by atoms with Crippen LogP contribution in [-0.4, -0.2) is 34.6 Å². The summed E-state index contributed by atoms with van der Waals surface area (Å²) >= 11 is 0. The molecule has 0 saturated carbocycles. The Balaban J connectivity index is 2.65. The normalized spacial score (nSPS) is 11.3. The quantitative estimate of drug-likeness (QED) is 0.731. The molecule has 0 aromatic heterocycles. The molecule has 0 radical (unpaired) electrons. The lowest BCUT2D eigenvalue weighted by Gasteiger charge is -2.07. The maximum Gasteiger partial charge on any atom is 0.240 e. The molecule has 0 bridgehead atoms. The van der Waals surface area contributed by atoms with Crippen molar-refractivity contribution in [2.45, 2.75) is 18.2 Å². The standard InChI is InChI=1S/C12H18N2O4S/c1-10(15)14-11-4-6-12(7-5-11)19(16,17)13-8-3-9-18-2/h4-7,13H,3,8-9H2,1-2H3,(H,14,15). The Hall–Kier alpha value is -1.44. The van der Waals surface area contributed by atoms with Crippen LogP contribution in [0.4, 0.5) is 5.69 Å². The van der Waals surface area contributed by atoms with Crippen molar-refractivity contribution in [1.29, 1.82) is 0 Å². The second kappa shape index (κ2) is 7.22. The fourth-order valence-corrected chi connectivity index (χ4v) is 2.50. The van der Waals surface area contributed by atoms with Crippen molar-refractivity contribution in [2.75, 3.05) is 25.6 Å². The van der Waals surface area contributed by atoms with Gasteiger partial charge in [-0.25, -0.2) is 13.1 Å². The minimum atomic E-state index is -3.50. The number of rotatable bonds is 7. The fourth-order valence-electron chi connectivity index (χ4n) is 1.43. The van der Waals surface area contributed by atoms with E-state index in [-0.39, 0.29) is 10.8 Å². The summed E-state index contributed by atoms with van der Waals surface area (Å²) < 4.78 is 31.1. The van der Waals surface area contributed by atoms with Gasteiger partial charge in [0.2, 0.25) is 15.9 Å². The number of hydrogen-bond donors (Lipinski definition) is 2. The van der Waals surface area contributed by atoms with Crippen LogP contribution < -0.4 is 10.0 Å². The van der Waals surface area contributed by atoms with E-state index in [1.165, 1.54) is 19.1 Å². The highest BCUT2D eigenvalue weighted by molar-refractivity contribution is 7.89. The van der Waals surface area contributed by atoms with Crippen LogP contribution in [0, 0.1) is 0 Å². The van der Waals surface area contributed by atoms with Crippen LogP contribution in [0.15, 0.2) is 29.2 Å². The van der Waals surface area contributed by atoms with Gasteiger partial charge in [-0.3, -0.25) is 4.79 Å². The van der Waals surface area contributed by atoms with Gasteiger partial charge in [0, 0.05) is 32.9 Å². The number of hydrogen-bond acceptors (Lipinski definition) is 4. The smallest absolute Gasteiger partial charge is 0.240 e. The van der Waals surface area contributed by atoms with Crippen molar-refractivity contribution in [1.82, 2.24) is 4.72 Å². The van der Waals surface area contributed by atoms with Gasteiger partial charge < -0.3 is 10.1 Å². The average Bonchev–Trinajstić information content (AvgIpc) is 2.35. The van der Waals surface area contributed by atoms with Gasteiger partial charge in [-0.15, -0.1) is 0 Å². The Kier molecular flexibility index (Phi) is 5.94. The molecular formula is C12H18N2O4S. The molecule has 0 atom stereocenters. The lowest BCUT2D eigenvalue weighted by Crippen LogP contribution is -2.25. The van der Waals surface area contributed by atoms with E-state index in [1.54, 1.807) is 19.2 Å². The molecule has 1 amide bonds. The van der Waals surface area contributed by atoms with Crippen LogP contribution in [0.5, 0.6) is 0 Å². The van der Waals surface area contributed by atoms with Gasteiger partial charge in [0.1, 0.15) is 0 Å². The molecule has 6 nitrogen and oxygen atoms in total. The number of sulfonamides is 1. The summed E-state index contributed by atoms with van der Waals surface area (Å²) in [5, 5.41) is 2.57. The third kappa shape index (κ3) is 5.37. The van der Waals surface area contributed by atoms with Crippen LogP contribution in [-0.2, 0) is 19.6 Å². The summed E-state index contributed by atoms with van der Waals surface area (Å²) in [5.41, 5.74) is 0.561. The van der Waals surface area contributed by atoms with E-state index in [2.05, 4.69) is 10.0 Å². The van der Waals surface area contributed by atoms with Crippen molar-refractivity contribution in [3.05, 3.63) is 24.3 Å². The fraction of sp³-hybridized carbons (Fsp3) is 0.417. The highest BCUT2D eigenvalue weighted by Gasteiger charge is 2.12. The van der Waals surface area contributed by atoms with E-state index >= 15 is 0 Å². The Morgan fingerprint density at radius 2 is 1.89 bits per heavy atom. The van der Waals surface area contributed by atoms with E-state index in [0.717, 1.165) is 0 Å². The maximum absolute atomic E-state index is 11.9. The van der Waals surface area contributed by atoms with Gasteiger partial charge in [0.25, 0.3) is 0 Å². The number of carbonyl (C=O) groups excluding carboxylic acids is 1. The first-order valence-corrected chi connectivity index (χ1v) is 7.30. The van der Waals surface area contributed by atoms with E-state index < -0.39 is 10.0 Å². The zero-order valence-corrected chi connectivity index (χ0v) is 11.8. The van der Waals surface area contributed by atoms with Gasteiger partial charge in [-0.1, -0.05) is 0 Å². The predicted octanol–water partition coefficient (Wildman–Crippen LogP) is 0.960. The van der Waals surface area contributed by atoms with Crippen molar-refractivity contribution < 1.29 is 17.9 Å². The molecule has 0 aliphatic rings. The molecule has 0 heterocycles. The largest absolute Gasteiger partial charge is 0.385 e. The summed E-state index contributed by atoms with van der Waals surface area (Å²) in [4.78, 5) is 11.0. The molecule has 106 valence electrons. The van der Waals surface area contributed by atoms with Crippen LogP contribution in [0.3, 0.4) is 0 Å². The first-order chi connectivity index (χ1) is 8.95. The second-order valence-electron chi connectivity index (χ2n) is 3.95. The molecule has 1 aromatic carbocycles. The topological polar surface area (TPSA) is 84.5 Å². The van der Waals surface area contributed by atoms with Gasteiger partial charge in [0.15, 0.2) is 0 Å². The minimum Gasteiger partial charge on any atom is -0.385 e. The molecule has 0 saturated heterocycles. The molecule has 0 spiro atoms. The zero-order chi connectivity index (χ0) is 14.3. The van der Waals surface area contributed by atoms with Gasteiger partial charge in [-0.2, -0.15) is 0 Å². The van der Waals surface area contributed by atoms with Gasteiger partial charge in [0.05, 0.1) is 4.90 Å². The number of methoxy groups -OCH3 is 1. The lowest BCUT2D eigenvalue weighted by atomic mass is 10.3. The molecule has 0 aliphatic carbocycles. The van der Waals surface area contributed by atoms with Gasteiger partial charge in [-0.05, 0) is 30.7 Å². The predicted molar refractivity (Wildman–Crippen MR) is 72.4 cm³/mol. The van der Waals surface area contributed by atoms with Crippen molar-refractivity contribution in [3.63, 3.8) is 0 Å². The molecule has 0 unspecified atom stereocenters. The number of carbonyl (C=O) groups is 1. The molecule has 2 N–H and O–H groups in total. The third-order valence-electron chi connectivity index (χ3n) is 2.30. The van der Waals surface area contributed by atoms with Crippen molar-refractivity contribution >= 4 is 21.6 Å². The number of ether oxygens (including phenoxy) is 1. The molecule has 1 aromatic rings. The highest BCUT2D eigenvalue weighted by atomic mass is 32.2. The summed E-state index contributed by atoms with van der Waals surface area (Å²) in [7, 11) is -1.94. The van der Waals surface area contributed by atoms with E-state index in [1.807, 2.05) is 0 Å². The molecule has 0 aliphatic heterocycles. The van der Waals surface area contributed by atoms with E-state index in [4.69, 9.17) is 4.74 Å². The molecule has 7 heteroatoms. The Bertz CT molecular complexity index is 511. The van der Waals surface area contributed by atoms with Gasteiger partial charge >= 0.3 is 0 Å². The summed E-state index contributed by atoms with van der Waals surface area (Å²) in [6.45, 7) is 2.22. The number of anilines is 1. The van der Waals surface area contributed by atoms with Crippen LogP contribution in [0.2, 0.25) is 0 Å². The lowest BCUT2D eigenvalue weighted by molar-refractivity contribution is -0.114. The second-order valence-corrected chi connectivity index (χ2v) is 5.72.